The first-order chi connectivity index (χ1) is 14.7. The van der Waals surface area contributed by atoms with Crippen LogP contribution in [0, 0.1) is 0 Å². The van der Waals surface area contributed by atoms with Gasteiger partial charge in [0.15, 0.2) is 0 Å². The minimum atomic E-state index is -0.209. The number of amides is 1. The molecule has 0 saturated heterocycles. The molecule has 3 aromatic rings. The molecule has 0 aliphatic heterocycles. The van der Waals surface area contributed by atoms with Crippen molar-refractivity contribution in [2.45, 2.75) is 52.0 Å². The van der Waals surface area contributed by atoms with Crippen LogP contribution in [0.1, 0.15) is 44.9 Å². The van der Waals surface area contributed by atoms with E-state index >= 15 is 0 Å². The molecule has 0 saturated carbocycles. The number of pyridine rings is 1. The van der Waals surface area contributed by atoms with E-state index in [0.717, 1.165) is 36.4 Å². The van der Waals surface area contributed by atoms with E-state index in [2.05, 4.69) is 20.8 Å². The van der Waals surface area contributed by atoms with Crippen molar-refractivity contribution in [3.05, 3.63) is 52.4 Å². The van der Waals surface area contributed by atoms with Crippen molar-refractivity contribution in [2.24, 2.45) is 0 Å². The summed E-state index contributed by atoms with van der Waals surface area (Å²) in [4.78, 5) is 34.3. The van der Waals surface area contributed by atoms with Crippen LogP contribution < -0.4 is 10.9 Å². The lowest BCUT2D eigenvalue weighted by Crippen LogP contribution is -2.34. The van der Waals surface area contributed by atoms with Crippen molar-refractivity contribution in [1.82, 2.24) is 24.2 Å². The number of rotatable bonds is 7. The average molecular weight is 424 g/mol. The Bertz CT molecular complexity index is 1130. The number of hydrogen-bond donors (Lipinski definition) is 1. The van der Waals surface area contributed by atoms with Gasteiger partial charge >= 0.3 is 0 Å². The zero-order chi connectivity index (χ0) is 20.9. The molecule has 1 amide bonds. The molecule has 0 aromatic carbocycles. The maximum absolute atomic E-state index is 13.1. The molecule has 0 radical (unpaired) electrons. The van der Waals surface area contributed by atoms with Crippen molar-refractivity contribution >= 4 is 27.7 Å². The summed E-state index contributed by atoms with van der Waals surface area (Å²) < 4.78 is 6.40. The van der Waals surface area contributed by atoms with Gasteiger partial charge < -0.3 is 5.32 Å². The zero-order valence-electron chi connectivity index (χ0n) is 17.1. The van der Waals surface area contributed by atoms with Crippen molar-refractivity contribution in [3.63, 3.8) is 0 Å². The van der Waals surface area contributed by atoms with Gasteiger partial charge in [0.25, 0.3) is 5.56 Å². The second-order valence-electron chi connectivity index (χ2n) is 7.43. The molecule has 8 heteroatoms. The second-order valence-corrected chi connectivity index (χ2v) is 8.20. The fraction of sp³-hybridized carbons (Fsp3) is 0.409. The van der Waals surface area contributed by atoms with Gasteiger partial charge in [-0.1, -0.05) is 18.6 Å². The van der Waals surface area contributed by atoms with Gasteiger partial charge in [0.05, 0.1) is 0 Å². The fourth-order valence-corrected chi connectivity index (χ4v) is 4.58. The summed E-state index contributed by atoms with van der Waals surface area (Å²) in [6, 6.07) is 3.70. The lowest BCUT2D eigenvalue weighted by Gasteiger charge is -2.14. The van der Waals surface area contributed by atoms with Crippen LogP contribution in [-0.4, -0.2) is 31.4 Å². The first-order valence-corrected chi connectivity index (χ1v) is 11.2. The minimum absolute atomic E-state index is 0.0213. The molecule has 0 fully saturated rings. The smallest absolute Gasteiger partial charge is 0.273 e. The van der Waals surface area contributed by atoms with Gasteiger partial charge in [-0.2, -0.15) is 4.37 Å². The number of hydrogen-bond acceptors (Lipinski definition) is 6. The van der Waals surface area contributed by atoms with Crippen LogP contribution in [0.15, 0.2) is 41.0 Å². The summed E-state index contributed by atoms with van der Waals surface area (Å²) in [7, 11) is 0. The molecule has 0 unspecified atom stereocenters. The third kappa shape index (κ3) is 4.33. The van der Waals surface area contributed by atoms with E-state index < -0.39 is 0 Å². The van der Waals surface area contributed by atoms with E-state index in [1.54, 1.807) is 12.4 Å². The first kappa shape index (κ1) is 20.4. The molecular formula is C22H25N5O2S. The maximum Gasteiger partial charge on any atom is 0.273 e. The molecule has 7 nitrogen and oxygen atoms in total. The predicted octanol–water partition coefficient (Wildman–Crippen LogP) is 3.48. The fourth-order valence-electron chi connectivity index (χ4n) is 3.78. The van der Waals surface area contributed by atoms with Crippen LogP contribution in [0.25, 0.3) is 21.5 Å². The highest BCUT2D eigenvalue weighted by atomic mass is 32.1. The molecular weight excluding hydrogens is 398 g/mol. The van der Waals surface area contributed by atoms with E-state index in [4.69, 9.17) is 4.98 Å². The third-order valence-electron chi connectivity index (χ3n) is 5.38. The monoisotopic (exact) mass is 423 g/mol. The number of nitrogens with one attached hydrogen (secondary N) is 1. The van der Waals surface area contributed by atoms with Crippen molar-refractivity contribution in [3.8, 4) is 11.3 Å². The summed E-state index contributed by atoms with van der Waals surface area (Å²) in [5.41, 5.74) is 3.36. The summed E-state index contributed by atoms with van der Waals surface area (Å²) in [6.45, 7) is 2.51. The number of fused-ring (bicyclic) bond motifs is 1. The summed E-state index contributed by atoms with van der Waals surface area (Å²) in [5, 5.41) is 2.95. The van der Waals surface area contributed by atoms with Crippen LogP contribution >= 0.6 is 11.5 Å². The van der Waals surface area contributed by atoms with Gasteiger partial charge in [-0.15, -0.1) is 0 Å². The van der Waals surface area contributed by atoms with Gasteiger partial charge in [0.2, 0.25) is 5.91 Å². The molecule has 3 heterocycles. The molecule has 0 spiro atoms. The summed E-state index contributed by atoms with van der Waals surface area (Å²) in [6.07, 6.45) is 11.9. The first-order valence-electron chi connectivity index (χ1n) is 10.4. The Kier molecular flexibility index (Phi) is 6.32. The maximum atomic E-state index is 13.1. The quantitative estimate of drug-likeness (QED) is 0.588. The van der Waals surface area contributed by atoms with Gasteiger partial charge in [-0.3, -0.25) is 19.1 Å². The molecule has 3 aromatic heterocycles. The van der Waals surface area contributed by atoms with Crippen LogP contribution in [0.5, 0.6) is 0 Å². The summed E-state index contributed by atoms with van der Waals surface area (Å²) >= 11 is 1.13. The Hall–Kier alpha value is -2.87. The molecule has 0 bridgehead atoms. The van der Waals surface area contributed by atoms with Crippen molar-refractivity contribution < 1.29 is 4.79 Å². The Morgan fingerprint density at radius 1 is 1.27 bits per heavy atom. The van der Waals surface area contributed by atoms with E-state index in [1.807, 2.05) is 19.1 Å². The molecule has 30 heavy (non-hydrogen) atoms. The number of aryl methyl sites for hydroxylation is 1. The number of carbonyl (C=O) groups excluding carboxylic acids is 1. The molecule has 1 N–H and O–H groups in total. The third-order valence-corrected chi connectivity index (χ3v) is 6.21. The number of carbonyl (C=O) groups is 1. The van der Waals surface area contributed by atoms with Gasteiger partial charge in [0, 0.05) is 30.9 Å². The molecule has 156 valence electrons. The highest BCUT2D eigenvalue weighted by Gasteiger charge is 2.18. The Morgan fingerprint density at radius 2 is 2.10 bits per heavy atom. The highest BCUT2D eigenvalue weighted by molar-refractivity contribution is 7.13. The molecule has 1 aliphatic carbocycles. The Labute approximate surface area is 179 Å². The van der Waals surface area contributed by atoms with Crippen molar-refractivity contribution in [1.29, 1.82) is 0 Å². The van der Waals surface area contributed by atoms with Crippen LogP contribution in [0.2, 0.25) is 0 Å². The topological polar surface area (TPSA) is 89.8 Å². The highest BCUT2D eigenvalue weighted by Crippen LogP contribution is 2.27. The van der Waals surface area contributed by atoms with Gasteiger partial charge in [-0.25, -0.2) is 4.98 Å². The average Bonchev–Trinajstić information content (AvgIpc) is 3.21. The minimum Gasteiger partial charge on any atom is -0.354 e. The standard InChI is InChI=1S/C22H25N5O2S/c1-2-17-25-20-19(16-9-11-23-12-10-16)26-30-21(20)22(29)27(17)14-18(28)24-13-8-15-6-4-3-5-7-15/h6,9-12H,2-5,7-8,13-14H2,1H3,(H,24,28). The lowest BCUT2D eigenvalue weighted by atomic mass is 9.97. The Morgan fingerprint density at radius 3 is 2.83 bits per heavy atom. The molecule has 4 rings (SSSR count). The van der Waals surface area contributed by atoms with Crippen LogP contribution in [-0.2, 0) is 17.8 Å². The largest absolute Gasteiger partial charge is 0.354 e. The SMILES string of the molecule is CCc1nc2c(-c3ccncc3)nsc2c(=O)n1CC(=O)NCCC1=CCCCC1. The predicted molar refractivity (Wildman–Crippen MR) is 118 cm³/mol. The van der Waals surface area contributed by atoms with Crippen molar-refractivity contribution in [2.75, 3.05) is 6.54 Å². The molecule has 0 atom stereocenters. The van der Waals surface area contributed by atoms with E-state index in [9.17, 15) is 9.59 Å². The van der Waals surface area contributed by atoms with E-state index in [1.165, 1.54) is 23.0 Å². The van der Waals surface area contributed by atoms with E-state index in [-0.39, 0.29) is 18.0 Å². The van der Waals surface area contributed by atoms with Gasteiger partial charge in [-0.05, 0) is 55.8 Å². The van der Waals surface area contributed by atoms with E-state index in [0.29, 0.717) is 34.7 Å². The molecule has 1 aliphatic rings. The Balaban J connectivity index is 1.53. The summed E-state index contributed by atoms with van der Waals surface area (Å²) in [5.74, 6) is 0.427. The lowest BCUT2D eigenvalue weighted by molar-refractivity contribution is -0.121. The van der Waals surface area contributed by atoms with Crippen LogP contribution in [0.4, 0.5) is 0 Å². The second kappa shape index (κ2) is 9.30. The number of aromatic nitrogens is 4. The normalized spacial score (nSPS) is 14.0. The number of nitrogens with zero attached hydrogens (tertiary/aromatic N) is 4. The van der Waals surface area contributed by atoms with Gasteiger partial charge in [0.1, 0.15) is 28.3 Å². The van der Waals surface area contributed by atoms with Crippen LogP contribution in [0.3, 0.4) is 0 Å². The zero-order valence-corrected chi connectivity index (χ0v) is 17.9. The number of allylic oxidation sites excluding steroid dienone is 1.